The Hall–Kier alpha value is -4.14. The van der Waals surface area contributed by atoms with Crippen molar-refractivity contribution in [3.05, 3.63) is 72.6 Å². The molecular formula is C21H22N8O. The minimum Gasteiger partial charge on any atom is -0.497 e. The molecule has 2 heterocycles. The fourth-order valence-corrected chi connectivity index (χ4v) is 2.94. The zero-order valence-corrected chi connectivity index (χ0v) is 16.6. The van der Waals surface area contributed by atoms with Crippen LogP contribution in [0, 0.1) is 0 Å². The van der Waals surface area contributed by atoms with Gasteiger partial charge in [-0.15, -0.1) is 5.10 Å². The Balaban J connectivity index is 1.51. The molecule has 4 rings (SSSR count). The third-order valence-corrected chi connectivity index (χ3v) is 4.51. The zero-order valence-electron chi connectivity index (χ0n) is 16.6. The zero-order chi connectivity index (χ0) is 20.9. The molecule has 9 nitrogen and oxygen atoms in total. The van der Waals surface area contributed by atoms with Crippen LogP contribution in [-0.4, -0.2) is 31.8 Å². The molecule has 2 aromatic carbocycles. The van der Waals surface area contributed by atoms with Gasteiger partial charge < -0.3 is 21.1 Å². The van der Waals surface area contributed by atoms with Gasteiger partial charge in [0, 0.05) is 17.8 Å². The number of hydrogen-bond acceptors (Lipinski definition) is 8. The summed E-state index contributed by atoms with van der Waals surface area (Å²) in [4.78, 5) is 12.8. The van der Waals surface area contributed by atoms with E-state index in [0.29, 0.717) is 17.6 Å². The summed E-state index contributed by atoms with van der Waals surface area (Å²) in [6.07, 6.45) is 1.46. The minimum atomic E-state index is 0.0297. The van der Waals surface area contributed by atoms with Gasteiger partial charge >= 0.3 is 0 Å². The molecule has 0 saturated heterocycles. The summed E-state index contributed by atoms with van der Waals surface area (Å²) in [7, 11) is 1.65. The maximum atomic E-state index is 6.05. The number of nitrogens with one attached hydrogen (secondary N) is 2. The second kappa shape index (κ2) is 8.48. The second-order valence-electron chi connectivity index (χ2n) is 6.60. The van der Waals surface area contributed by atoms with Gasteiger partial charge in [0.05, 0.1) is 7.11 Å². The molecule has 0 radical (unpaired) electrons. The summed E-state index contributed by atoms with van der Waals surface area (Å²) in [6, 6.07) is 19.3. The summed E-state index contributed by atoms with van der Waals surface area (Å²) in [6.45, 7) is 2.05. The number of nitrogens with zero attached hydrogens (tertiary/aromatic N) is 5. The van der Waals surface area contributed by atoms with Crippen molar-refractivity contribution in [1.82, 2.24) is 24.7 Å². The molecule has 0 amide bonds. The van der Waals surface area contributed by atoms with Crippen LogP contribution in [0.4, 0.5) is 23.4 Å². The Morgan fingerprint density at radius 2 is 1.80 bits per heavy atom. The van der Waals surface area contributed by atoms with Crippen LogP contribution in [0.2, 0.25) is 0 Å². The fraction of sp³-hybridized carbons (Fsp3) is 0.143. The van der Waals surface area contributed by atoms with E-state index in [2.05, 4.69) is 37.6 Å². The predicted molar refractivity (Wildman–Crippen MR) is 116 cm³/mol. The van der Waals surface area contributed by atoms with Gasteiger partial charge in [-0.1, -0.05) is 30.3 Å². The number of anilines is 4. The Morgan fingerprint density at radius 3 is 2.53 bits per heavy atom. The van der Waals surface area contributed by atoms with Crippen LogP contribution < -0.4 is 21.1 Å². The van der Waals surface area contributed by atoms with Crippen LogP contribution in [0.5, 0.6) is 5.75 Å². The van der Waals surface area contributed by atoms with E-state index in [1.807, 2.05) is 54.6 Å². The number of nitrogen functional groups attached to an aromatic ring is 1. The molecule has 1 unspecified atom stereocenters. The van der Waals surface area contributed by atoms with Gasteiger partial charge in [0.15, 0.2) is 5.82 Å². The van der Waals surface area contributed by atoms with Crippen LogP contribution in [0.15, 0.2) is 67.0 Å². The highest BCUT2D eigenvalue weighted by molar-refractivity contribution is 5.54. The third-order valence-electron chi connectivity index (χ3n) is 4.51. The van der Waals surface area contributed by atoms with Crippen LogP contribution in [0.1, 0.15) is 18.5 Å². The van der Waals surface area contributed by atoms with Crippen molar-refractivity contribution in [2.75, 3.05) is 23.5 Å². The molecule has 0 aliphatic rings. The Morgan fingerprint density at radius 1 is 1.03 bits per heavy atom. The summed E-state index contributed by atoms with van der Waals surface area (Å²) >= 11 is 0. The van der Waals surface area contributed by atoms with Crippen molar-refractivity contribution in [2.24, 2.45) is 0 Å². The van der Waals surface area contributed by atoms with Crippen molar-refractivity contribution in [3.63, 3.8) is 0 Å². The smallest absolute Gasteiger partial charge is 0.248 e. The van der Waals surface area contributed by atoms with Gasteiger partial charge in [-0.25, -0.2) is 9.97 Å². The maximum absolute atomic E-state index is 6.05. The molecule has 0 spiro atoms. The van der Waals surface area contributed by atoms with Gasteiger partial charge in [-0.2, -0.15) is 9.67 Å². The van der Waals surface area contributed by atoms with E-state index in [0.717, 1.165) is 17.0 Å². The molecule has 0 aliphatic carbocycles. The Bertz CT molecular complexity index is 1110. The predicted octanol–water partition coefficient (Wildman–Crippen LogP) is 3.56. The van der Waals surface area contributed by atoms with E-state index in [9.17, 15) is 0 Å². The summed E-state index contributed by atoms with van der Waals surface area (Å²) in [5, 5.41) is 10.9. The summed E-state index contributed by atoms with van der Waals surface area (Å²) in [5.41, 5.74) is 8.02. The third kappa shape index (κ3) is 4.30. The Labute approximate surface area is 174 Å². The van der Waals surface area contributed by atoms with Crippen LogP contribution in [0.25, 0.3) is 5.82 Å². The van der Waals surface area contributed by atoms with Crippen molar-refractivity contribution in [2.45, 2.75) is 13.0 Å². The number of benzene rings is 2. The van der Waals surface area contributed by atoms with Gasteiger partial charge in [0.25, 0.3) is 0 Å². The van der Waals surface area contributed by atoms with E-state index in [-0.39, 0.29) is 12.0 Å². The van der Waals surface area contributed by atoms with E-state index in [1.54, 1.807) is 13.2 Å². The second-order valence-corrected chi connectivity index (χ2v) is 6.60. The highest BCUT2D eigenvalue weighted by Gasteiger charge is 2.12. The topological polar surface area (TPSA) is 116 Å². The molecule has 1 atom stereocenters. The van der Waals surface area contributed by atoms with E-state index < -0.39 is 0 Å². The molecule has 0 aliphatic heterocycles. The lowest BCUT2D eigenvalue weighted by Gasteiger charge is -2.15. The van der Waals surface area contributed by atoms with E-state index in [4.69, 9.17) is 10.5 Å². The highest BCUT2D eigenvalue weighted by Crippen LogP contribution is 2.22. The maximum Gasteiger partial charge on any atom is 0.248 e. The van der Waals surface area contributed by atoms with Crippen LogP contribution in [-0.2, 0) is 0 Å². The molecule has 152 valence electrons. The van der Waals surface area contributed by atoms with Crippen molar-refractivity contribution < 1.29 is 4.74 Å². The van der Waals surface area contributed by atoms with Crippen LogP contribution >= 0.6 is 0 Å². The first-order chi connectivity index (χ1) is 14.6. The lowest BCUT2D eigenvalue weighted by Crippen LogP contribution is -2.10. The summed E-state index contributed by atoms with van der Waals surface area (Å²) < 4.78 is 6.68. The van der Waals surface area contributed by atoms with E-state index >= 15 is 0 Å². The van der Waals surface area contributed by atoms with E-state index in [1.165, 1.54) is 11.0 Å². The fourth-order valence-electron chi connectivity index (χ4n) is 2.94. The molecule has 4 N–H and O–H groups in total. The molecular weight excluding hydrogens is 380 g/mol. The monoisotopic (exact) mass is 402 g/mol. The first kappa shape index (κ1) is 19.2. The van der Waals surface area contributed by atoms with Gasteiger partial charge in [0.1, 0.15) is 17.9 Å². The molecule has 4 aromatic rings. The molecule has 2 aromatic heterocycles. The molecule has 30 heavy (non-hydrogen) atoms. The average molecular weight is 402 g/mol. The first-order valence-corrected chi connectivity index (χ1v) is 9.40. The average Bonchev–Trinajstić information content (AvgIpc) is 3.14. The Kier molecular flexibility index (Phi) is 5.42. The highest BCUT2D eigenvalue weighted by atomic mass is 16.5. The number of hydrogen-bond donors (Lipinski definition) is 3. The van der Waals surface area contributed by atoms with Crippen molar-refractivity contribution in [3.8, 4) is 11.6 Å². The van der Waals surface area contributed by atoms with Crippen molar-refractivity contribution >= 4 is 23.4 Å². The summed E-state index contributed by atoms with van der Waals surface area (Å²) in [5.74, 6) is 2.59. The quantitative estimate of drug-likeness (QED) is 0.430. The van der Waals surface area contributed by atoms with Gasteiger partial charge in [-0.05, 0) is 36.8 Å². The molecule has 0 fully saturated rings. The SMILES string of the molecule is COc1ccc(C(C)Nc2cc(-n3nc(Nc4ccccc4)nc3N)ncn2)cc1. The number of rotatable bonds is 7. The standard InChI is InChI=1S/C21H22N8O/c1-14(15-8-10-17(30-2)11-9-15)25-18-12-19(24-13-23-18)29-20(22)27-21(28-29)26-16-6-4-3-5-7-16/h3-14H,1-2H3,(H,23,24,25)(H3,22,26,27,28). The molecule has 0 saturated carbocycles. The molecule has 9 heteroatoms. The number of methoxy groups -OCH3 is 1. The van der Waals surface area contributed by atoms with Crippen LogP contribution in [0.3, 0.4) is 0 Å². The van der Waals surface area contributed by atoms with Gasteiger partial charge in [-0.3, -0.25) is 0 Å². The minimum absolute atomic E-state index is 0.0297. The first-order valence-electron chi connectivity index (χ1n) is 9.40. The van der Waals surface area contributed by atoms with Gasteiger partial charge in [0.2, 0.25) is 11.9 Å². The van der Waals surface area contributed by atoms with Crippen molar-refractivity contribution in [1.29, 1.82) is 0 Å². The lowest BCUT2D eigenvalue weighted by molar-refractivity contribution is 0.414. The largest absolute Gasteiger partial charge is 0.497 e. The normalized spacial score (nSPS) is 11.7. The number of ether oxygens (including phenoxy) is 1. The lowest BCUT2D eigenvalue weighted by atomic mass is 10.1. The molecule has 0 bridgehead atoms. The number of para-hydroxylation sites is 1. The number of aromatic nitrogens is 5. The number of nitrogens with two attached hydrogens (primary N) is 1.